The Morgan fingerprint density at radius 2 is 1.02 bits per heavy atom. The Balaban J connectivity index is 0.000000192. The van der Waals surface area contributed by atoms with E-state index in [0.717, 1.165) is 5.69 Å². The Bertz CT molecular complexity index is 2730. The van der Waals surface area contributed by atoms with Gasteiger partial charge < -0.3 is 62.1 Å². The summed E-state index contributed by atoms with van der Waals surface area (Å²) < 4.78 is 0.465. The summed E-state index contributed by atoms with van der Waals surface area (Å²) in [6.45, 7) is 1.25. The number of aromatic hydroxyl groups is 2. The van der Waals surface area contributed by atoms with E-state index >= 15 is 0 Å². The van der Waals surface area contributed by atoms with E-state index < -0.39 is 116 Å². The average molecular weight is 997 g/mol. The quantitative estimate of drug-likeness (QED) is 0.116. The van der Waals surface area contributed by atoms with Gasteiger partial charge in [0.05, 0.1) is 20.3 Å². The maximum Gasteiger partial charge on any atom is 0.255 e. The van der Waals surface area contributed by atoms with Gasteiger partial charge in [-0.15, -0.1) is 0 Å². The highest BCUT2D eigenvalue weighted by atomic mass is 127. The number of halogens is 1. The van der Waals surface area contributed by atoms with E-state index in [0.29, 0.717) is 20.4 Å². The van der Waals surface area contributed by atoms with Gasteiger partial charge in [-0.1, -0.05) is 0 Å². The van der Waals surface area contributed by atoms with Crippen LogP contribution in [-0.2, 0) is 41.6 Å². The number of fused-ring (bicyclic) bond motifs is 6. The third-order valence-corrected chi connectivity index (χ3v) is 14.2. The minimum absolute atomic E-state index is 0.0466. The summed E-state index contributed by atoms with van der Waals surface area (Å²) in [7, 11) is 7.09. The van der Waals surface area contributed by atoms with Crippen molar-refractivity contribution in [2.24, 2.45) is 35.1 Å². The number of benzene rings is 2. The minimum atomic E-state index is -2.62. The van der Waals surface area contributed by atoms with E-state index in [1.165, 1.54) is 13.0 Å². The standard InChI is InChI=1S/C23H24N2O8.C21H21IN2O7/c1-8(26)11-7-13(25(2)3)12-5-9-4-10-6-14(27)17(22(24)32)21(31)23(10,33)20(30)15(9)19(29)16(12)18(11)28;1-24(2)11-6-10(22)16(26)14-9(11)4-7-3-8-5-12(25)15(20(23)30)19(29)21(8,31)18(28)13(7)17(14)27/h7,9-10,28-29,31,33H,4-6H2,1-3H3,(H2,24,32);6-8,26-27,29,31H,3-5H2,1-2H3,(H2,23,30)/t9-,10+,23+;7-,8+,21+/m11/s1. The van der Waals surface area contributed by atoms with Crippen LogP contribution in [0.4, 0.5) is 11.4 Å². The number of primary amides is 2. The topological polar surface area (TPSA) is 340 Å². The Morgan fingerprint density at radius 3 is 1.38 bits per heavy atom. The minimum Gasteiger partial charge on any atom is -0.508 e. The number of carbonyl (C=O) groups is 7. The lowest BCUT2D eigenvalue weighted by molar-refractivity contribution is -0.148. The second kappa shape index (κ2) is 15.5. The molecule has 12 N–H and O–H groups in total. The van der Waals surface area contributed by atoms with E-state index in [9.17, 15) is 74.4 Å². The number of nitrogens with two attached hydrogens (primary N) is 2. The van der Waals surface area contributed by atoms with Crippen molar-refractivity contribution in [3.05, 3.63) is 77.3 Å². The molecular weight excluding hydrogens is 951 g/mol. The van der Waals surface area contributed by atoms with Crippen molar-refractivity contribution in [1.29, 1.82) is 0 Å². The first-order chi connectivity index (χ1) is 29.7. The van der Waals surface area contributed by atoms with Gasteiger partial charge >= 0.3 is 0 Å². The summed E-state index contributed by atoms with van der Waals surface area (Å²) in [5, 5.41) is 87.2. The molecule has 6 atom stereocenters. The molecule has 8 rings (SSSR count). The molecule has 19 nitrogen and oxygen atoms in total. The summed E-state index contributed by atoms with van der Waals surface area (Å²) in [6, 6.07) is 3.28. The Morgan fingerprint density at radius 1 is 0.641 bits per heavy atom. The van der Waals surface area contributed by atoms with Gasteiger partial charge in [0.2, 0.25) is 11.6 Å². The van der Waals surface area contributed by atoms with Crippen molar-refractivity contribution < 1.29 is 74.4 Å². The number of rotatable bonds is 5. The third kappa shape index (κ3) is 6.38. The number of Topliss-reactive ketones (excluding diaryl/α,β-unsaturated/α-hetero) is 5. The van der Waals surface area contributed by atoms with E-state index in [1.54, 1.807) is 25.1 Å². The second-order valence-electron chi connectivity index (χ2n) is 17.4. The normalized spacial score (nSPS) is 27.1. The van der Waals surface area contributed by atoms with Crippen molar-refractivity contribution in [2.45, 2.75) is 56.7 Å². The SMILES string of the molecule is CC(=O)c1cc(N(C)C)c2c(c1O)C(O)=C1C(=O)[C@]3(O)C(O)=C(C(N)=O)C(=O)C[C@@H]3C[C@@H]1C2.CN(C)c1cc(I)c(O)c2c1C[C@H]1C[C@H]3CC(=O)C(C(N)=O)=C(O)[C@@]3(O)C(=O)C1=C2O. The van der Waals surface area contributed by atoms with Gasteiger partial charge in [0.25, 0.3) is 11.8 Å². The van der Waals surface area contributed by atoms with E-state index in [-0.39, 0.29) is 72.1 Å². The van der Waals surface area contributed by atoms with Crippen LogP contribution in [0.1, 0.15) is 65.2 Å². The first-order valence-electron chi connectivity index (χ1n) is 20.0. The maximum atomic E-state index is 13.5. The molecule has 0 radical (unpaired) electrons. The van der Waals surface area contributed by atoms with Crippen molar-refractivity contribution in [1.82, 2.24) is 0 Å². The van der Waals surface area contributed by atoms with Crippen LogP contribution in [0.15, 0.2) is 45.9 Å². The van der Waals surface area contributed by atoms with Gasteiger partial charge in [-0.3, -0.25) is 33.6 Å². The highest BCUT2D eigenvalue weighted by Gasteiger charge is 2.62. The number of phenolic OH excluding ortho intramolecular Hbond substituents is 2. The maximum absolute atomic E-state index is 13.5. The van der Waals surface area contributed by atoms with Crippen molar-refractivity contribution in [2.75, 3.05) is 38.0 Å². The first kappa shape index (κ1) is 45.8. The highest BCUT2D eigenvalue weighted by Crippen LogP contribution is 2.55. The number of hydrogen-bond donors (Lipinski definition) is 10. The summed E-state index contributed by atoms with van der Waals surface area (Å²) in [4.78, 5) is 90.6. The Hall–Kier alpha value is -6.26. The van der Waals surface area contributed by atoms with Gasteiger partial charge in [0, 0.05) is 75.4 Å². The van der Waals surface area contributed by atoms with Crippen LogP contribution in [-0.4, -0.2) is 121 Å². The fourth-order valence-electron chi connectivity index (χ4n) is 10.4. The van der Waals surface area contributed by atoms with Crippen LogP contribution < -0.4 is 21.3 Å². The molecule has 0 bridgehead atoms. The molecule has 0 heterocycles. The number of anilines is 2. The lowest BCUT2D eigenvalue weighted by Crippen LogP contribution is -2.58. The number of phenols is 2. The van der Waals surface area contributed by atoms with Gasteiger partial charge in [0.15, 0.2) is 28.6 Å². The number of ketones is 5. The molecule has 0 unspecified atom stereocenters. The second-order valence-corrected chi connectivity index (χ2v) is 18.5. The molecule has 338 valence electrons. The fraction of sp³-hybridized carbons (Fsp3) is 0.386. The predicted octanol–water partition coefficient (Wildman–Crippen LogP) is 1.79. The number of hydrogen-bond acceptors (Lipinski definition) is 17. The molecule has 2 fully saturated rings. The summed E-state index contributed by atoms with van der Waals surface area (Å²) in [6.07, 6.45) is -0.0922. The van der Waals surface area contributed by atoms with Crippen LogP contribution in [0.3, 0.4) is 0 Å². The van der Waals surface area contributed by atoms with Gasteiger partial charge in [-0.05, 0) is 90.3 Å². The lowest BCUT2D eigenvalue weighted by Gasteiger charge is -2.46. The smallest absolute Gasteiger partial charge is 0.255 e. The van der Waals surface area contributed by atoms with Crippen LogP contribution in [0, 0.1) is 27.2 Å². The molecule has 2 saturated carbocycles. The Kier molecular flexibility index (Phi) is 11.1. The Labute approximate surface area is 377 Å². The molecule has 0 aliphatic heterocycles. The zero-order chi connectivity index (χ0) is 47.6. The highest BCUT2D eigenvalue weighted by molar-refractivity contribution is 14.1. The van der Waals surface area contributed by atoms with Gasteiger partial charge in [-0.2, -0.15) is 0 Å². The van der Waals surface area contributed by atoms with Crippen molar-refractivity contribution in [3.63, 3.8) is 0 Å². The monoisotopic (exact) mass is 996 g/mol. The van der Waals surface area contributed by atoms with E-state index in [4.69, 9.17) is 11.5 Å². The molecular formula is C44H45IN4O15. The molecule has 0 spiro atoms. The number of nitrogens with zero attached hydrogens (tertiary/aromatic N) is 2. The molecule has 6 aliphatic carbocycles. The molecule has 2 aromatic rings. The van der Waals surface area contributed by atoms with E-state index in [2.05, 4.69) is 0 Å². The van der Waals surface area contributed by atoms with Crippen LogP contribution in [0.5, 0.6) is 11.5 Å². The number of amides is 2. The summed E-state index contributed by atoms with van der Waals surface area (Å²) >= 11 is 1.92. The van der Waals surface area contributed by atoms with Crippen LogP contribution in [0.25, 0.3) is 11.5 Å². The largest absolute Gasteiger partial charge is 0.508 e. The zero-order valence-electron chi connectivity index (χ0n) is 35.1. The van der Waals surface area contributed by atoms with E-state index in [1.807, 2.05) is 41.6 Å². The zero-order valence-corrected chi connectivity index (χ0v) is 37.2. The molecule has 2 amide bonds. The average Bonchev–Trinajstić information content (AvgIpc) is 3.18. The van der Waals surface area contributed by atoms with Crippen molar-refractivity contribution in [3.8, 4) is 11.5 Å². The molecule has 0 saturated heterocycles. The number of aliphatic hydroxyl groups is 6. The van der Waals surface area contributed by atoms with Crippen LogP contribution >= 0.6 is 22.6 Å². The first-order valence-corrected chi connectivity index (χ1v) is 21.0. The fourth-order valence-corrected chi connectivity index (χ4v) is 10.9. The summed E-state index contributed by atoms with van der Waals surface area (Å²) in [5.74, 6) is -13.7. The third-order valence-electron chi connectivity index (χ3n) is 13.4. The number of aliphatic hydroxyl groups excluding tert-OH is 4. The summed E-state index contributed by atoms with van der Waals surface area (Å²) in [5.41, 5.74) is 5.59. The predicted molar refractivity (Wildman–Crippen MR) is 234 cm³/mol. The van der Waals surface area contributed by atoms with Crippen LogP contribution in [0.2, 0.25) is 0 Å². The van der Waals surface area contributed by atoms with Gasteiger partial charge in [-0.25, -0.2) is 0 Å². The molecule has 2 aromatic carbocycles. The molecule has 0 aromatic heterocycles. The van der Waals surface area contributed by atoms with Crippen molar-refractivity contribution >= 4 is 86.2 Å². The molecule has 6 aliphatic rings. The molecule has 20 heteroatoms. The number of carbonyl (C=O) groups excluding carboxylic acids is 7. The molecule has 64 heavy (non-hydrogen) atoms. The lowest BCUT2D eigenvalue weighted by atomic mass is 9.59. The van der Waals surface area contributed by atoms with Gasteiger partial charge in [0.1, 0.15) is 45.7 Å².